The Kier molecular flexibility index (Phi) is 5.35. The first kappa shape index (κ1) is 17.2. The highest BCUT2D eigenvalue weighted by atomic mass is 32.2. The Labute approximate surface area is 145 Å². The lowest BCUT2D eigenvalue weighted by molar-refractivity contribution is 0.0931. The largest absolute Gasteiger partial charge is 0.345 e. The molecule has 0 spiro atoms. The molecule has 2 heterocycles. The number of carbonyl (C=O) groups is 1. The summed E-state index contributed by atoms with van der Waals surface area (Å²) < 4.78 is 38.7. The number of aromatic nitrogens is 1. The molecule has 1 aliphatic rings. The summed E-state index contributed by atoms with van der Waals surface area (Å²) in [6.07, 6.45) is 2.01. The minimum Gasteiger partial charge on any atom is -0.345 e. The van der Waals surface area contributed by atoms with Crippen LogP contribution in [0.3, 0.4) is 0 Å². The van der Waals surface area contributed by atoms with E-state index in [9.17, 15) is 18.0 Å². The minimum absolute atomic E-state index is 0.0188. The van der Waals surface area contributed by atoms with Crippen molar-refractivity contribution in [1.82, 2.24) is 10.3 Å². The molecule has 1 atom stereocenters. The molecule has 0 bridgehead atoms. The standard InChI is InChI=1S/C16H13F3N2OS2/c17-9-3-4-13-11(8-9)12(5-7-23-13)21-14(22)10-2-1-6-20-15(10)24-16(18)19/h1-4,6,8,12,16H,5,7H2,(H,21,22). The number of halogens is 3. The molecule has 24 heavy (non-hydrogen) atoms. The highest BCUT2D eigenvalue weighted by Gasteiger charge is 2.25. The summed E-state index contributed by atoms with van der Waals surface area (Å²) in [5.41, 5.74) is 0.811. The fraction of sp³-hybridized carbons (Fsp3) is 0.250. The number of benzene rings is 1. The van der Waals surface area contributed by atoms with Gasteiger partial charge in [0.15, 0.2) is 0 Å². The van der Waals surface area contributed by atoms with Crippen LogP contribution in [0.4, 0.5) is 13.2 Å². The molecule has 1 aromatic heterocycles. The molecule has 1 amide bonds. The van der Waals surface area contributed by atoms with Gasteiger partial charge >= 0.3 is 0 Å². The van der Waals surface area contributed by atoms with Gasteiger partial charge < -0.3 is 5.32 Å². The molecule has 8 heteroatoms. The van der Waals surface area contributed by atoms with Gasteiger partial charge in [0.25, 0.3) is 11.7 Å². The van der Waals surface area contributed by atoms with Gasteiger partial charge in [-0.3, -0.25) is 4.79 Å². The number of alkyl halides is 2. The Hall–Kier alpha value is -1.67. The molecule has 1 aliphatic heterocycles. The number of hydrogen-bond donors (Lipinski definition) is 1. The first-order chi connectivity index (χ1) is 11.5. The Morgan fingerprint density at radius 1 is 1.38 bits per heavy atom. The zero-order chi connectivity index (χ0) is 17.1. The predicted molar refractivity (Wildman–Crippen MR) is 88.0 cm³/mol. The van der Waals surface area contributed by atoms with Crippen LogP contribution in [0.2, 0.25) is 0 Å². The van der Waals surface area contributed by atoms with Gasteiger partial charge in [-0.1, -0.05) is 0 Å². The molecule has 3 rings (SSSR count). The van der Waals surface area contributed by atoms with Crippen molar-refractivity contribution in [2.45, 2.75) is 28.1 Å². The summed E-state index contributed by atoms with van der Waals surface area (Å²) in [4.78, 5) is 17.3. The van der Waals surface area contributed by atoms with Gasteiger partial charge in [0.05, 0.1) is 11.6 Å². The van der Waals surface area contributed by atoms with Crippen molar-refractivity contribution in [3.63, 3.8) is 0 Å². The molecule has 2 aromatic rings. The normalized spacial score (nSPS) is 16.8. The molecular formula is C16H13F3N2OS2. The molecule has 0 saturated heterocycles. The summed E-state index contributed by atoms with van der Waals surface area (Å²) in [6.45, 7) is 0. The number of fused-ring (bicyclic) bond motifs is 1. The van der Waals surface area contributed by atoms with Gasteiger partial charge in [-0.05, 0) is 54.1 Å². The molecule has 1 N–H and O–H groups in total. The van der Waals surface area contributed by atoms with Crippen molar-refractivity contribution in [3.8, 4) is 0 Å². The Bertz CT molecular complexity index is 758. The van der Waals surface area contributed by atoms with E-state index in [4.69, 9.17) is 0 Å². The van der Waals surface area contributed by atoms with E-state index in [1.54, 1.807) is 17.8 Å². The highest BCUT2D eigenvalue weighted by Crippen LogP contribution is 2.37. The number of nitrogens with one attached hydrogen (secondary N) is 1. The van der Waals surface area contributed by atoms with Gasteiger partial charge in [-0.15, -0.1) is 11.8 Å². The van der Waals surface area contributed by atoms with Crippen LogP contribution in [0.15, 0.2) is 46.5 Å². The van der Waals surface area contributed by atoms with E-state index in [0.717, 1.165) is 10.6 Å². The van der Waals surface area contributed by atoms with Crippen LogP contribution in [-0.2, 0) is 0 Å². The molecule has 1 unspecified atom stereocenters. The van der Waals surface area contributed by atoms with Crippen LogP contribution in [0.5, 0.6) is 0 Å². The molecule has 126 valence electrons. The Balaban J connectivity index is 1.83. The lowest BCUT2D eigenvalue weighted by Gasteiger charge is -2.26. The molecule has 0 fully saturated rings. The van der Waals surface area contributed by atoms with Crippen LogP contribution in [0.1, 0.15) is 28.4 Å². The summed E-state index contributed by atoms with van der Waals surface area (Å²) in [5.74, 6) is -2.73. The van der Waals surface area contributed by atoms with E-state index in [1.807, 2.05) is 0 Å². The lowest BCUT2D eigenvalue weighted by Crippen LogP contribution is -2.31. The predicted octanol–water partition coefficient (Wildman–Crippen LogP) is 4.50. The second-order valence-corrected chi connectivity index (χ2v) is 7.20. The number of rotatable bonds is 4. The monoisotopic (exact) mass is 370 g/mol. The van der Waals surface area contributed by atoms with Crippen LogP contribution < -0.4 is 5.32 Å². The maximum Gasteiger partial charge on any atom is 0.290 e. The van der Waals surface area contributed by atoms with Gasteiger partial charge in [0.1, 0.15) is 10.8 Å². The Morgan fingerprint density at radius 3 is 3.00 bits per heavy atom. The van der Waals surface area contributed by atoms with E-state index in [2.05, 4.69) is 10.3 Å². The fourth-order valence-electron chi connectivity index (χ4n) is 2.49. The van der Waals surface area contributed by atoms with Gasteiger partial charge in [0.2, 0.25) is 0 Å². The van der Waals surface area contributed by atoms with E-state index in [1.165, 1.54) is 30.5 Å². The maximum absolute atomic E-state index is 13.5. The minimum atomic E-state index is -2.66. The fourth-order valence-corrected chi connectivity index (χ4v) is 4.18. The van der Waals surface area contributed by atoms with Gasteiger partial charge in [-0.2, -0.15) is 8.78 Å². The summed E-state index contributed by atoms with van der Waals surface area (Å²) in [5, 5.41) is 2.80. The van der Waals surface area contributed by atoms with Crippen LogP contribution >= 0.6 is 23.5 Å². The van der Waals surface area contributed by atoms with E-state index < -0.39 is 11.7 Å². The molecule has 1 aromatic carbocycles. The van der Waals surface area contributed by atoms with E-state index in [-0.39, 0.29) is 34.2 Å². The average molecular weight is 370 g/mol. The van der Waals surface area contributed by atoms with Crippen molar-refractivity contribution in [1.29, 1.82) is 0 Å². The zero-order valence-electron chi connectivity index (χ0n) is 12.3. The third-order valence-corrected chi connectivity index (χ3v) is 5.38. The summed E-state index contributed by atoms with van der Waals surface area (Å²) in [6, 6.07) is 7.11. The number of amides is 1. The highest BCUT2D eigenvalue weighted by molar-refractivity contribution is 7.99. The number of carbonyl (C=O) groups excluding carboxylic acids is 1. The number of hydrogen-bond acceptors (Lipinski definition) is 4. The number of thioether (sulfide) groups is 2. The lowest BCUT2D eigenvalue weighted by atomic mass is 10.0. The molecule has 0 radical (unpaired) electrons. The van der Waals surface area contributed by atoms with Crippen molar-refractivity contribution < 1.29 is 18.0 Å². The van der Waals surface area contributed by atoms with Gasteiger partial charge in [0, 0.05) is 16.8 Å². The average Bonchev–Trinajstić information content (AvgIpc) is 2.55. The first-order valence-corrected chi connectivity index (χ1v) is 9.04. The quantitative estimate of drug-likeness (QED) is 0.805. The van der Waals surface area contributed by atoms with Crippen LogP contribution in [0, 0.1) is 5.82 Å². The third-order valence-electron chi connectivity index (χ3n) is 3.53. The molecule has 3 nitrogen and oxygen atoms in total. The van der Waals surface area contributed by atoms with Crippen molar-refractivity contribution in [3.05, 3.63) is 53.5 Å². The van der Waals surface area contributed by atoms with Gasteiger partial charge in [-0.25, -0.2) is 9.37 Å². The van der Waals surface area contributed by atoms with E-state index in [0.29, 0.717) is 12.0 Å². The smallest absolute Gasteiger partial charge is 0.290 e. The van der Waals surface area contributed by atoms with Crippen molar-refractivity contribution in [2.75, 3.05) is 5.75 Å². The van der Waals surface area contributed by atoms with Crippen molar-refractivity contribution >= 4 is 29.4 Å². The second kappa shape index (κ2) is 7.48. The van der Waals surface area contributed by atoms with Crippen LogP contribution in [-0.4, -0.2) is 22.4 Å². The second-order valence-electron chi connectivity index (χ2n) is 5.08. The first-order valence-electron chi connectivity index (χ1n) is 7.17. The zero-order valence-corrected chi connectivity index (χ0v) is 14.0. The summed E-state index contributed by atoms with van der Waals surface area (Å²) >= 11 is 1.84. The number of pyridine rings is 1. The molecule has 0 saturated carbocycles. The number of nitrogens with zero attached hydrogens (tertiary/aromatic N) is 1. The Morgan fingerprint density at radius 2 is 2.21 bits per heavy atom. The maximum atomic E-state index is 13.5. The van der Waals surface area contributed by atoms with E-state index >= 15 is 0 Å². The topological polar surface area (TPSA) is 42.0 Å². The molecule has 0 aliphatic carbocycles. The SMILES string of the molecule is O=C(NC1CCSc2ccc(F)cc21)c1cccnc1SC(F)F. The molecular weight excluding hydrogens is 357 g/mol. The van der Waals surface area contributed by atoms with Crippen molar-refractivity contribution in [2.24, 2.45) is 0 Å². The summed E-state index contributed by atoms with van der Waals surface area (Å²) in [7, 11) is 0. The third kappa shape index (κ3) is 3.87. The van der Waals surface area contributed by atoms with Crippen LogP contribution in [0.25, 0.3) is 0 Å².